The molecule has 10 nitrogen and oxygen atoms in total. The van der Waals surface area contributed by atoms with Crippen LogP contribution in [-0.4, -0.2) is 105 Å². The van der Waals surface area contributed by atoms with Crippen LogP contribution in [-0.2, 0) is 28.5 Å². The summed E-state index contributed by atoms with van der Waals surface area (Å²) < 4.78 is 26.1. The molecule has 28 heavy (non-hydrogen) atoms. The third-order valence-electron chi connectivity index (χ3n) is 3.91. The SMILES string of the molecule is CCCOCCOCCOCCNC(=O)/C=C/[C@H]1O[C@H](OC)[C@@H](O)[C@@H](O)[C@@H]1O. The Labute approximate surface area is 165 Å². The Kier molecular flexibility index (Phi) is 13.2. The van der Waals surface area contributed by atoms with Crippen molar-refractivity contribution in [2.45, 2.75) is 44.1 Å². The maximum Gasteiger partial charge on any atom is 0.243 e. The molecule has 1 saturated heterocycles. The Morgan fingerprint density at radius 1 is 0.964 bits per heavy atom. The zero-order valence-corrected chi connectivity index (χ0v) is 16.5. The minimum absolute atomic E-state index is 0.304. The van der Waals surface area contributed by atoms with Gasteiger partial charge in [0.05, 0.1) is 33.0 Å². The fraction of sp³-hybridized carbons (Fsp3) is 0.833. The van der Waals surface area contributed by atoms with E-state index in [1.54, 1.807) is 0 Å². The summed E-state index contributed by atoms with van der Waals surface area (Å²) in [5.41, 5.74) is 0. The maximum absolute atomic E-state index is 11.8. The summed E-state index contributed by atoms with van der Waals surface area (Å²) in [4.78, 5) is 11.8. The highest BCUT2D eigenvalue weighted by Crippen LogP contribution is 2.22. The van der Waals surface area contributed by atoms with E-state index in [1.165, 1.54) is 19.3 Å². The third kappa shape index (κ3) is 9.39. The van der Waals surface area contributed by atoms with Gasteiger partial charge in [-0.1, -0.05) is 6.92 Å². The van der Waals surface area contributed by atoms with E-state index in [2.05, 4.69) is 5.32 Å². The van der Waals surface area contributed by atoms with Crippen LogP contribution in [0.5, 0.6) is 0 Å². The summed E-state index contributed by atoms with van der Waals surface area (Å²) in [5, 5.41) is 32.0. The highest BCUT2D eigenvalue weighted by atomic mass is 16.7. The topological polar surface area (TPSA) is 136 Å². The molecule has 0 saturated carbocycles. The van der Waals surface area contributed by atoms with Crippen molar-refractivity contribution in [3.05, 3.63) is 12.2 Å². The Bertz CT molecular complexity index is 447. The Hall–Kier alpha value is -1.11. The van der Waals surface area contributed by atoms with Crippen molar-refractivity contribution >= 4 is 5.91 Å². The van der Waals surface area contributed by atoms with Crippen LogP contribution >= 0.6 is 0 Å². The van der Waals surface area contributed by atoms with E-state index in [1.807, 2.05) is 6.92 Å². The lowest BCUT2D eigenvalue weighted by Crippen LogP contribution is -2.57. The Balaban J connectivity index is 2.11. The van der Waals surface area contributed by atoms with E-state index in [4.69, 9.17) is 23.7 Å². The van der Waals surface area contributed by atoms with Crippen LogP contribution in [0.3, 0.4) is 0 Å². The number of rotatable bonds is 14. The first-order chi connectivity index (χ1) is 13.5. The van der Waals surface area contributed by atoms with Gasteiger partial charge in [-0.25, -0.2) is 0 Å². The number of carbonyl (C=O) groups excluding carboxylic acids is 1. The quantitative estimate of drug-likeness (QED) is 0.202. The molecule has 4 N–H and O–H groups in total. The van der Waals surface area contributed by atoms with Crippen molar-refractivity contribution in [3.63, 3.8) is 0 Å². The number of nitrogens with one attached hydrogen (secondary N) is 1. The number of aliphatic hydroxyl groups excluding tert-OH is 3. The zero-order valence-electron chi connectivity index (χ0n) is 16.5. The van der Waals surface area contributed by atoms with Gasteiger partial charge in [0.1, 0.15) is 24.4 Å². The Morgan fingerprint density at radius 3 is 2.18 bits per heavy atom. The van der Waals surface area contributed by atoms with Crippen molar-refractivity contribution in [2.75, 3.05) is 53.3 Å². The summed E-state index contributed by atoms with van der Waals surface area (Å²) >= 11 is 0. The highest BCUT2D eigenvalue weighted by Gasteiger charge is 2.42. The molecule has 0 bridgehead atoms. The fourth-order valence-corrected chi connectivity index (χ4v) is 2.40. The van der Waals surface area contributed by atoms with Gasteiger partial charge in [-0.2, -0.15) is 0 Å². The largest absolute Gasteiger partial charge is 0.387 e. The average molecular weight is 407 g/mol. The van der Waals surface area contributed by atoms with Crippen LogP contribution in [0, 0.1) is 0 Å². The van der Waals surface area contributed by atoms with Crippen LogP contribution < -0.4 is 5.32 Å². The van der Waals surface area contributed by atoms with Crippen molar-refractivity contribution in [2.24, 2.45) is 0 Å². The van der Waals surface area contributed by atoms with E-state index in [-0.39, 0.29) is 0 Å². The van der Waals surface area contributed by atoms with E-state index in [0.29, 0.717) is 39.6 Å². The summed E-state index contributed by atoms with van der Waals surface area (Å²) in [6.07, 6.45) is -2.79. The molecule has 1 fully saturated rings. The van der Waals surface area contributed by atoms with Crippen LogP contribution in [0.2, 0.25) is 0 Å². The van der Waals surface area contributed by atoms with Gasteiger partial charge in [-0.15, -0.1) is 0 Å². The van der Waals surface area contributed by atoms with Gasteiger partial charge in [0.25, 0.3) is 0 Å². The van der Waals surface area contributed by atoms with Crippen molar-refractivity contribution in [3.8, 4) is 0 Å². The monoisotopic (exact) mass is 407 g/mol. The van der Waals surface area contributed by atoms with Crippen molar-refractivity contribution < 1.29 is 43.8 Å². The number of hydrogen-bond donors (Lipinski definition) is 4. The predicted octanol–water partition coefficient (Wildman–Crippen LogP) is -1.43. The molecule has 1 heterocycles. The first-order valence-corrected chi connectivity index (χ1v) is 9.43. The van der Waals surface area contributed by atoms with Crippen molar-refractivity contribution in [1.82, 2.24) is 5.32 Å². The van der Waals surface area contributed by atoms with Gasteiger partial charge < -0.3 is 44.3 Å². The van der Waals surface area contributed by atoms with Crippen LogP contribution in [0.1, 0.15) is 13.3 Å². The molecule has 0 unspecified atom stereocenters. The molecular formula is C18H33NO9. The second-order valence-corrected chi connectivity index (χ2v) is 6.16. The van der Waals surface area contributed by atoms with Gasteiger partial charge in [0.2, 0.25) is 5.91 Å². The molecule has 0 aromatic heterocycles. The van der Waals surface area contributed by atoms with E-state index in [9.17, 15) is 20.1 Å². The molecule has 1 aliphatic heterocycles. The van der Waals surface area contributed by atoms with E-state index >= 15 is 0 Å². The second kappa shape index (κ2) is 14.8. The number of ether oxygens (including phenoxy) is 5. The lowest BCUT2D eigenvalue weighted by atomic mass is 9.98. The molecule has 5 atom stereocenters. The van der Waals surface area contributed by atoms with Crippen LogP contribution in [0.4, 0.5) is 0 Å². The van der Waals surface area contributed by atoms with Gasteiger partial charge in [0, 0.05) is 26.3 Å². The average Bonchev–Trinajstić information content (AvgIpc) is 2.69. The highest BCUT2D eigenvalue weighted by molar-refractivity contribution is 5.87. The number of hydrogen-bond acceptors (Lipinski definition) is 9. The van der Waals surface area contributed by atoms with Crippen LogP contribution in [0.15, 0.2) is 12.2 Å². The molecule has 1 aliphatic rings. The first-order valence-electron chi connectivity index (χ1n) is 9.43. The molecule has 0 aromatic rings. The minimum Gasteiger partial charge on any atom is -0.387 e. The molecule has 0 spiro atoms. The molecule has 10 heteroatoms. The number of amides is 1. The minimum atomic E-state index is -1.44. The molecule has 164 valence electrons. The fourth-order valence-electron chi connectivity index (χ4n) is 2.40. The Morgan fingerprint density at radius 2 is 1.57 bits per heavy atom. The second-order valence-electron chi connectivity index (χ2n) is 6.16. The normalized spacial score (nSPS) is 28.0. The van der Waals surface area contributed by atoms with Crippen molar-refractivity contribution in [1.29, 1.82) is 0 Å². The maximum atomic E-state index is 11.8. The summed E-state index contributed by atoms with van der Waals surface area (Å²) in [6, 6.07) is 0. The van der Waals surface area contributed by atoms with Gasteiger partial charge in [-0.05, 0) is 12.5 Å². The zero-order chi connectivity index (χ0) is 20.8. The number of aliphatic hydroxyl groups is 3. The number of methoxy groups -OCH3 is 1. The van der Waals surface area contributed by atoms with Gasteiger partial charge >= 0.3 is 0 Å². The lowest BCUT2D eigenvalue weighted by molar-refractivity contribution is -0.279. The standard InChI is InChI=1S/C18H33NO9/c1-3-7-25-9-11-27-12-10-26-8-6-19-14(20)5-4-13-15(21)16(22)17(23)18(24-2)28-13/h4-5,13,15-18,21-23H,3,6-12H2,1-2H3,(H,19,20)/b5-4+/t13-,15-,16+,17+,18+/m1/s1. The molecular weight excluding hydrogens is 374 g/mol. The van der Waals surface area contributed by atoms with Gasteiger partial charge in [-0.3, -0.25) is 4.79 Å². The smallest absolute Gasteiger partial charge is 0.243 e. The molecule has 0 radical (unpaired) electrons. The first kappa shape index (κ1) is 24.9. The third-order valence-corrected chi connectivity index (χ3v) is 3.91. The predicted molar refractivity (Wildman–Crippen MR) is 98.6 cm³/mol. The molecule has 1 rings (SSSR count). The van der Waals surface area contributed by atoms with E-state index < -0.39 is 36.6 Å². The number of carbonyl (C=O) groups is 1. The molecule has 0 aromatic carbocycles. The summed E-state index contributed by atoms with van der Waals surface area (Å²) in [5.74, 6) is -0.404. The molecule has 1 amide bonds. The molecule has 0 aliphatic carbocycles. The van der Waals surface area contributed by atoms with Gasteiger partial charge in [0.15, 0.2) is 6.29 Å². The summed E-state index contributed by atoms with van der Waals surface area (Å²) in [6.45, 7) is 5.37. The van der Waals surface area contributed by atoms with Crippen LogP contribution in [0.25, 0.3) is 0 Å². The summed E-state index contributed by atoms with van der Waals surface area (Å²) in [7, 11) is 1.30. The lowest BCUT2D eigenvalue weighted by Gasteiger charge is -2.38. The van der Waals surface area contributed by atoms with E-state index in [0.717, 1.165) is 13.0 Å².